The highest BCUT2D eigenvalue weighted by Gasteiger charge is 2.56. The maximum Gasteiger partial charge on any atom is 0.417 e. The third-order valence-electron chi connectivity index (χ3n) is 2.65. The lowest BCUT2D eigenvalue weighted by molar-refractivity contribution is -0.258. The first-order chi connectivity index (χ1) is 7.82. The molecule has 1 atom stereocenters. The molecule has 2 rings (SSSR count). The van der Waals surface area contributed by atoms with Crippen molar-refractivity contribution in [1.82, 2.24) is 0 Å². The summed E-state index contributed by atoms with van der Waals surface area (Å²) < 4.78 is 38.1. The van der Waals surface area contributed by atoms with Gasteiger partial charge in [-0.3, -0.25) is 4.79 Å². The molecule has 0 amide bonds. The van der Waals surface area contributed by atoms with Gasteiger partial charge in [-0.05, 0) is 23.1 Å². The van der Waals surface area contributed by atoms with Crippen molar-refractivity contribution in [1.29, 1.82) is 0 Å². The van der Waals surface area contributed by atoms with Crippen LogP contribution in [0.2, 0.25) is 0 Å². The molecule has 0 unspecified atom stereocenters. The summed E-state index contributed by atoms with van der Waals surface area (Å²) in [5.41, 5.74) is -2.69. The van der Waals surface area contributed by atoms with E-state index in [-0.39, 0.29) is 5.57 Å². The fourth-order valence-corrected chi connectivity index (χ4v) is 2.53. The van der Waals surface area contributed by atoms with Crippen molar-refractivity contribution < 1.29 is 23.1 Å². The minimum atomic E-state index is -4.79. The largest absolute Gasteiger partial charge is 0.417 e. The van der Waals surface area contributed by atoms with Crippen LogP contribution in [0.5, 0.6) is 0 Å². The minimum Gasteiger partial charge on any atom is -0.380 e. The number of rotatable bonds is 1. The summed E-state index contributed by atoms with van der Waals surface area (Å²) in [5, 5.41) is 11.3. The van der Waals surface area contributed by atoms with Gasteiger partial charge in [0.15, 0.2) is 11.4 Å². The maximum absolute atomic E-state index is 12.7. The topological polar surface area (TPSA) is 37.3 Å². The van der Waals surface area contributed by atoms with Crippen molar-refractivity contribution in [2.45, 2.75) is 24.6 Å². The number of alkyl halides is 3. The zero-order valence-corrected chi connectivity index (χ0v) is 9.44. The molecule has 2 nitrogen and oxygen atoms in total. The molecular formula is C11H9F3O2S. The van der Waals surface area contributed by atoms with Crippen molar-refractivity contribution >= 4 is 22.7 Å². The Morgan fingerprint density at radius 3 is 2.59 bits per heavy atom. The van der Waals surface area contributed by atoms with E-state index in [1.807, 2.05) is 0 Å². The normalized spacial score (nSPS) is 25.9. The summed E-state index contributed by atoms with van der Waals surface area (Å²) in [6, 6.07) is 3.32. The van der Waals surface area contributed by atoms with Crippen LogP contribution in [0.15, 0.2) is 23.6 Å². The molecule has 0 aromatic carbocycles. The van der Waals surface area contributed by atoms with Crippen LogP contribution in [0.4, 0.5) is 13.2 Å². The van der Waals surface area contributed by atoms with Gasteiger partial charge >= 0.3 is 6.18 Å². The van der Waals surface area contributed by atoms with Gasteiger partial charge in [0.05, 0.1) is 0 Å². The predicted octanol–water partition coefficient (Wildman–Crippen LogP) is 2.79. The molecule has 1 aliphatic carbocycles. The molecule has 6 heteroatoms. The lowest BCUT2D eigenvalue weighted by atomic mass is 9.83. The van der Waals surface area contributed by atoms with Gasteiger partial charge < -0.3 is 5.11 Å². The average Bonchev–Trinajstić information content (AvgIpc) is 2.66. The van der Waals surface area contributed by atoms with E-state index >= 15 is 0 Å². The lowest BCUT2D eigenvalue weighted by Crippen LogP contribution is -2.48. The summed E-state index contributed by atoms with van der Waals surface area (Å²) in [5.74, 6) is -0.695. The van der Waals surface area contributed by atoms with Crippen LogP contribution in [-0.2, 0) is 4.79 Å². The van der Waals surface area contributed by atoms with Gasteiger partial charge in [0.2, 0.25) is 0 Å². The van der Waals surface area contributed by atoms with Crippen molar-refractivity contribution in [2.24, 2.45) is 0 Å². The van der Waals surface area contributed by atoms with Crippen molar-refractivity contribution in [3.8, 4) is 0 Å². The number of hydrogen-bond acceptors (Lipinski definition) is 3. The van der Waals surface area contributed by atoms with Crippen LogP contribution in [-0.4, -0.2) is 22.7 Å². The summed E-state index contributed by atoms with van der Waals surface area (Å²) in [4.78, 5) is 11.9. The van der Waals surface area contributed by atoms with E-state index in [1.54, 1.807) is 17.5 Å². The number of ketones is 1. The number of thiophene rings is 1. The third-order valence-corrected chi connectivity index (χ3v) is 3.60. The zero-order chi connectivity index (χ0) is 12.7. The number of carbonyl (C=O) groups is 1. The second-order valence-electron chi connectivity index (χ2n) is 4.00. The Kier molecular flexibility index (Phi) is 2.87. The van der Waals surface area contributed by atoms with Crippen LogP contribution in [0.25, 0.3) is 5.57 Å². The van der Waals surface area contributed by atoms with E-state index in [0.717, 1.165) is 0 Å². The minimum absolute atomic E-state index is 0.246. The van der Waals surface area contributed by atoms with Crippen LogP contribution < -0.4 is 0 Å². The number of halogens is 3. The number of allylic oxidation sites excluding steroid dienone is 1. The van der Waals surface area contributed by atoms with Gasteiger partial charge in [-0.15, -0.1) is 11.3 Å². The van der Waals surface area contributed by atoms with Crippen molar-refractivity contribution in [3.05, 3.63) is 28.5 Å². The molecule has 92 valence electrons. The molecule has 0 spiro atoms. The molecule has 0 bridgehead atoms. The molecule has 0 saturated heterocycles. The van der Waals surface area contributed by atoms with Crippen LogP contribution in [0.3, 0.4) is 0 Å². The molecular weight excluding hydrogens is 253 g/mol. The highest BCUT2D eigenvalue weighted by molar-refractivity contribution is 7.11. The Labute approximate surface area is 99.4 Å². The maximum atomic E-state index is 12.7. The van der Waals surface area contributed by atoms with Crippen LogP contribution in [0.1, 0.15) is 17.7 Å². The predicted molar refractivity (Wildman–Crippen MR) is 57.5 cm³/mol. The molecule has 0 aliphatic heterocycles. The Balaban J connectivity index is 2.36. The SMILES string of the molecule is O=C1C=C(c2cccs2)C[C@@](O)(C(F)(F)F)C1. The Hall–Kier alpha value is -1.14. The Bertz CT molecular complexity index is 462. The first-order valence-electron chi connectivity index (χ1n) is 4.88. The van der Waals surface area contributed by atoms with Crippen molar-refractivity contribution in [2.75, 3.05) is 0 Å². The van der Waals surface area contributed by atoms with E-state index in [9.17, 15) is 23.1 Å². The smallest absolute Gasteiger partial charge is 0.380 e. The zero-order valence-electron chi connectivity index (χ0n) is 8.62. The molecule has 1 aliphatic rings. The molecule has 1 N–H and O–H groups in total. The first kappa shape index (κ1) is 12.3. The summed E-state index contributed by atoms with van der Waals surface area (Å²) in [7, 11) is 0. The molecule has 1 aromatic heterocycles. The van der Waals surface area contributed by atoms with E-state index in [4.69, 9.17) is 0 Å². The summed E-state index contributed by atoms with van der Waals surface area (Å²) in [6.07, 6.45) is -5.07. The van der Waals surface area contributed by atoms with Gasteiger partial charge in [0.25, 0.3) is 0 Å². The molecule has 0 fully saturated rings. The highest BCUT2D eigenvalue weighted by atomic mass is 32.1. The summed E-state index contributed by atoms with van der Waals surface area (Å²) in [6.45, 7) is 0. The number of aliphatic hydroxyl groups is 1. The molecule has 0 radical (unpaired) electrons. The monoisotopic (exact) mass is 262 g/mol. The van der Waals surface area contributed by atoms with Gasteiger partial charge in [0, 0.05) is 17.7 Å². The summed E-state index contributed by atoms with van der Waals surface area (Å²) >= 11 is 1.24. The van der Waals surface area contributed by atoms with Gasteiger partial charge in [-0.2, -0.15) is 13.2 Å². The first-order valence-corrected chi connectivity index (χ1v) is 5.76. The second-order valence-corrected chi connectivity index (χ2v) is 4.94. The molecule has 1 heterocycles. The molecule has 0 saturated carbocycles. The van der Waals surface area contributed by atoms with Gasteiger partial charge in [-0.1, -0.05) is 6.07 Å². The Morgan fingerprint density at radius 2 is 2.06 bits per heavy atom. The molecule has 1 aromatic rings. The van der Waals surface area contributed by atoms with E-state index in [0.29, 0.717) is 4.88 Å². The van der Waals surface area contributed by atoms with E-state index in [1.165, 1.54) is 17.4 Å². The lowest BCUT2D eigenvalue weighted by Gasteiger charge is -2.33. The Morgan fingerprint density at radius 1 is 1.35 bits per heavy atom. The average molecular weight is 262 g/mol. The van der Waals surface area contributed by atoms with Crippen LogP contribution >= 0.6 is 11.3 Å². The van der Waals surface area contributed by atoms with E-state index in [2.05, 4.69) is 0 Å². The second kappa shape index (κ2) is 3.96. The fraction of sp³-hybridized carbons (Fsp3) is 0.364. The van der Waals surface area contributed by atoms with E-state index < -0.39 is 30.4 Å². The van der Waals surface area contributed by atoms with Crippen molar-refractivity contribution in [3.63, 3.8) is 0 Å². The number of hydrogen-bond donors (Lipinski definition) is 1. The quantitative estimate of drug-likeness (QED) is 0.845. The fourth-order valence-electron chi connectivity index (χ4n) is 1.78. The third kappa shape index (κ3) is 2.28. The highest BCUT2D eigenvalue weighted by Crippen LogP contribution is 2.43. The van der Waals surface area contributed by atoms with Crippen LogP contribution in [0, 0.1) is 0 Å². The van der Waals surface area contributed by atoms with Gasteiger partial charge in [0.1, 0.15) is 0 Å². The number of carbonyl (C=O) groups excluding carboxylic acids is 1. The van der Waals surface area contributed by atoms with Gasteiger partial charge in [-0.25, -0.2) is 0 Å². The molecule has 17 heavy (non-hydrogen) atoms. The standard InChI is InChI=1S/C11H9F3O2S/c12-11(13,14)10(16)5-7(4-8(15)6-10)9-2-1-3-17-9/h1-4,16H,5-6H2/t10-/m0/s1.